The fourth-order valence-electron chi connectivity index (χ4n) is 10.3. The number of aromatic nitrogens is 1. The molecule has 3 aliphatic rings. The number of nitrogens with zero attached hydrogens (tertiary/aromatic N) is 2. The largest absolute Gasteiger partial charge is 0.333 e. The second kappa shape index (κ2) is 13.4. The minimum absolute atomic E-state index is 0.174. The zero-order chi connectivity index (χ0) is 39.1. The number of hydrogen-bond acceptors (Lipinski definition) is 2. The molecule has 3 atom stereocenters. The Bertz CT molecular complexity index is 3140. The third kappa shape index (κ3) is 5.14. The van der Waals surface area contributed by atoms with E-state index in [2.05, 4.69) is 229 Å². The van der Waals surface area contributed by atoms with Crippen molar-refractivity contribution in [1.82, 2.24) is 4.57 Å². The highest BCUT2D eigenvalue weighted by atomic mass is 32.2. The highest BCUT2D eigenvalue weighted by Gasteiger charge is 2.48. The SMILES string of the molecule is CC1(c2ccccc2)c2ccc3c(c2Sc2ccc4c(c21)C1C=CC=CC1N4c1cccc(-c2ccccc2)c1)c1ccccc1n3-c1ccc(-c2ccccc2)cc1. The van der Waals surface area contributed by atoms with Gasteiger partial charge in [0.2, 0.25) is 0 Å². The molecule has 0 spiro atoms. The maximum absolute atomic E-state index is 2.60. The summed E-state index contributed by atoms with van der Waals surface area (Å²) in [4.78, 5) is 5.28. The summed E-state index contributed by atoms with van der Waals surface area (Å²) in [7, 11) is 0. The lowest BCUT2D eigenvalue weighted by Gasteiger charge is -2.40. The number of rotatable bonds is 5. The lowest BCUT2D eigenvalue weighted by atomic mass is 9.67. The summed E-state index contributed by atoms with van der Waals surface area (Å²) >= 11 is 1.96. The van der Waals surface area contributed by atoms with Crippen LogP contribution in [0.3, 0.4) is 0 Å². The van der Waals surface area contributed by atoms with Crippen molar-refractivity contribution < 1.29 is 0 Å². The van der Waals surface area contributed by atoms with E-state index in [1.165, 1.54) is 93.2 Å². The van der Waals surface area contributed by atoms with E-state index >= 15 is 0 Å². The number of allylic oxidation sites excluding steroid dienone is 2. The first-order valence-corrected chi connectivity index (χ1v) is 21.4. The van der Waals surface area contributed by atoms with Crippen molar-refractivity contribution in [3.8, 4) is 27.9 Å². The fourth-order valence-corrected chi connectivity index (χ4v) is 11.8. The average molecular weight is 773 g/mol. The molecule has 9 aromatic rings. The van der Waals surface area contributed by atoms with Crippen LogP contribution in [0.5, 0.6) is 0 Å². The van der Waals surface area contributed by atoms with Gasteiger partial charge in [-0.1, -0.05) is 176 Å². The van der Waals surface area contributed by atoms with Gasteiger partial charge < -0.3 is 9.47 Å². The second-order valence-corrected chi connectivity index (χ2v) is 17.2. The van der Waals surface area contributed by atoms with Gasteiger partial charge in [-0.25, -0.2) is 0 Å². The Balaban J connectivity index is 1.07. The second-order valence-electron chi connectivity index (χ2n) is 16.1. The number of hydrogen-bond donors (Lipinski definition) is 0. The first kappa shape index (κ1) is 34.3. The molecule has 280 valence electrons. The molecule has 0 radical (unpaired) electrons. The van der Waals surface area contributed by atoms with Gasteiger partial charge in [-0.15, -0.1) is 0 Å². The van der Waals surface area contributed by atoms with Crippen molar-refractivity contribution in [3.63, 3.8) is 0 Å². The Morgan fingerprint density at radius 2 is 1.19 bits per heavy atom. The van der Waals surface area contributed by atoms with Gasteiger partial charge in [0, 0.05) is 49.0 Å². The molecule has 3 heterocycles. The molecule has 3 heteroatoms. The van der Waals surface area contributed by atoms with Gasteiger partial charge >= 0.3 is 0 Å². The monoisotopic (exact) mass is 772 g/mol. The zero-order valence-corrected chi connectivity index (χ0v) is 33.5. The van der Waals surface area contributed by atoms with Gasteiger partial charge in [0.25, 0.3) is 0 Å². The highest BCUT2D eigenvalue weighted by molar-refractivity contribution is 7.99. The van der Waals surface area contributed by atoms with Crippen molar-refractivity contribution in [3.05, 3.63) is 235 Å². The van der Waals surface area contributed by atoms with Crippen molar-refractivity contribution in [1.29, 1.82) is 0 Å². The Morgan fingerprint density at radius 3 is 1.97 bits per heavy atom. The van der Waals surface area contributed by atoms with Gasteiger partial charge in [0.05, 0.1) is 17.1 Å². The Labute approximate surface area is 349 Å². The normalized spacial score (nSPS) is 18.8. The van der Waals surface area contributed by atoms with Crippen LogP contribution in [0.2, 0.25) is 0 Å². The third-order valence-corrected chi connectivity index (χ3v) is 14.2. The predicted octanol–water partition coefficient (Wildman–Crippen LogP) is 14.7. The maximum atomic E-state index is 2.60. The molecule has 0 saturated heterocycles. The van der Waals surface area contributed by atoms with Gasteiger partial charge in [0.15, 0.2) is 0 Å². The summed E-state index contributed by atoms with van der Waals surface area (Å²) in [6.07, 6.45) is 9.33. The van der Waals surface area contributed by atoms with Gasteiger partial charge in [-0.3, -0.25) is 0 Å². The van der Waals surface area contributed by atoms with Crippen LogP contribution in [0.1, 0.15) is 35.1 Å². The van der Waals surface area contributed by atoms with Gasteiger partial charge in [-0.05, 0) is 100.0 Å². The molecule has 1 aromatic heterocycles. The van der Waals surface area contributed by atoms with Crippen LogP contribution in [0.4, 0.5) is 11.4 Å². The van der Waals surface area contributed by atoms with Crippen LogP contribution in [-0.2, 0) is 5.41 Å². The van der Waals surface area contributed by atoms with E-state index in [0.29, 0.717) is 0 Å². The summed E-state index contributed by atoms with van der Waals surface area (Å²) in [6, 6.07) is 69.6. The molecule has 2 aliphatic heterocycles. The van der Waals surface area contributed by atoms with Crippen LogP contribution in [0, 0.1) is 0 Å². The van der Waals surface area contributed by atoms with E-state index in [9.17, 15) is 0 Å². The lowest BCUT2D eigenvalue weighted by Crippen LogP contribution is -2.31. The van der Waals surface area contributed by atoms with Crippen molar-refractivity contribution in [2.24, 2.45) is 0 Å². The van der Waals surface area contributed by atoms with Crippen molar-refractivity contribution >= 4 is 44.9 Å². The molecule has 12 rings (SSSR count). The van der Waals surface area contributed by atoms with Crippen molar-refractivity contribution in [2.45, 2.75) is 34.1 Å². The number of fused-ring (bicyclic) bond motifs is 10. The molecular formula is C56H40N2S. The fraction of sp³-hybridized carbons (Fsp3) is 0.0714. The summed E-state index contributed by atoms with van der Waals surface area (Å²) in [6.45, 7) is 2.49. The molecule has 0 amide bonds. The predicted molar refractivity (Wildman–Crippen MR) is 248 cm³/mol. The highest BCUT2D eigenvalue weighted by Crippen LogP contribution is 2.61. The molecule has 59 heavy (non-hydrogen) atoms. The van der Waals surface area contributed by atoms with Crippen LogP contribution < -0.4 is 4.90 Å². The first-order chi connectivity index (χ1) is 29.2. The number of para-hydroxylation sites is 1. The molecule has 0 saturated carbocycles. The minimum Gasteiger partial charge on any atom is -0.333 e. The number of anilines is 2. The Morgan fingerprint density at radius 1 is 0.525 bits per heavy atom. The molecular weight excluding hydrogens is 733 g/mol. The van der Waals surface area contributed by atoms with E-state index in [1.807, 2.05) is 11.8 Å². The van der Waals surface area contributed by atoms with Crippen molar-refractivity contribution in [2.75, 3.05) is 4.90 Å². The summed E-state index contributed by atoms with van der Waals surface area (Å²) in [5, 5.41) is 2.60. The summed E-state index contributed by atoms with van der Waals surface area (Å²) in [5.41, 5.74) is 16.2. The third-order valence-electron chi connectivity index (χ3n) is 13.0. The Kier molecular flexibility index (Phi) is 7.76. The van der Waals surface area contributed by atoms with Crippen LogP contribution in [-0.4, -0.2) is 10.6 Å². The average Bonchev–Trinajstić information content (AvgIpc) is 3.83. The molecule has 8 aromatic carbocycles. The van der Waals surface area contributed by atoms with Crippen LogP contribution >= 0.6 is 11.8 Å². The minimum atomic E-state index is -0.418. The number of benzene rings is 8. The van der Waals surface area contributed by atoms with Gasteiger partial charge in [-0.2, -0.15) is 0 Å². The van der Waals surface area contributed by atoms with Crippen LogP contribution in [0.25, 0.3) is 49.7 Å². The van der Waals surface area contributed by atoms with E-state index in [-0.39, 0.29) is 12.0 Å². The molecule has 1 aliphatic carbocycles. The molecule has 2 nitrogen and oxygen atoms in total. The first-order valence-electron chi connectivity index (χ1n) is 20.6. The topological polar surface area (TPSA) is 8.17 Å². The quantitative estimate of drug-likeness (QED) is 0.172. The molecule has 0 fully saturated rings. The van der Waals surface area contributed by atoms with E-state index in [0.717, 1.165) is 0 Å². The summed E-state index contributed by atoms with van der Waals surface area (Å²) < 4.78 is 2.46. The molecule has 3 unspecified atom stereocenters. The van der Waals surface area contributed by atoms with E-state index in [1.54, 1.807) is 0 Å². The molecule has 0 bridgehead atoms. The maximum Gasteiger partial charge on any atom is 0.0629 e. The summed E-state index contributed by atoms with van der Waals surface area (Å²) in [5.74, 6) is 0.208. The lowest BCUT2D eigenvalue weighted by molar-refractivity contribution is 0.637. The van der Waals surface area contributed by atoms with E-state index in [4.69, 9.17) is 0 Å². The molecule has 0 N–H and O–H groups in total. The van der Waals surface area contributed by atoms with Gasteiger partial charge in [0.1, 0.15) is 0 Å². The standard InChI is InChI=1S/C56H40N2S/c1-56(41-21-9-4-10-22-41)46-32-33-50-53(45-25-12-14-27-48(45)57(50)42-30-28-39(29-31-42)37-16-5-2-6-17-37)55(46)59-51-35-34-49-52(54(51)56)44-24-11-13-26-47(44)58(49)43-23-15-20-40(36-43)38-18-7-3-8-19-38/h2-36,44,47H,1H3. The smallest absolute Gasteiger partial charge is 0.0629 e. The van der Waals surface area contributed by atoms with E-state index < -0.39 is 5.41 Å². The van der Waals surface area contributed by atoms with Crippen LogP contribution in [0.15, 0.2) is 222 Å². The zero-order valence-electron chi connectivity index (χ0n) is 32.7. The Hall–Kier alpha value is -6.81.